The topological polar surface area (TPSA) is 4.93 Å². The van der Waals surface area contributed by atoms with Crippen molar-refractivity contribution in [2.24, 2.45) is 0 Å². The molecule has 1 atom stereocenters. The van der Waals surface area contributed by atoms with E-state index in [1.807, 2.05) is 0 Å². The molecule has 8 aromatic rings. The van der Waals surface area contributed by atoms with Crippen LogP contribution in [0, 0.1) is 0 Å². The third-order valence-corrected chi connectivity index (χ3v) is 10.1. The van der Waals surface area contributed by atoms with Crippen molar-refractivity contribution in [3.63, 3.8) is 0 Å². The fraction of sp³-hybridized carbons (Fsp3) is 0.0455. The van der Waals surface area contributed by atoms with Gasteiger partial charge < -0.3 is 4.57 Å². The standard InChI is InChI=1S/C44H29N/c1-2-12-31(13-3-1)45-42-20-9-8-16-36(42)37-24-22-29(27-43(37)45)28-21-23-35-34-15-6-7-17-38(34)44(41(35)25-28)39-19-10-18-33-32-14-5-4-11-30(32)26-40(33)39/h1-25,27,44H,26H2. The molecule has 10 rings (SSSR count). The van der Waals surface area contributed by atoms with Crippen LogP contribution in [0.3, 0.4) is 0 Å². The summed E-state index contributed by atoms with van der Waals surface area (Å²) in [4.78, 5) is 0. The lowest BCUT2D eigenvalue weighted by Crippen LogP contribution is -2.03. The van der Waals surface area contributed by atoms with Crippen LogP contribution in [0.4, 0.5) is 0 Å². The van der Waals surface area contributed by atoms with Crippen LogP contribution >= 0.6 is 0 Å². The fourth-order valence-corrected chi connectivity index (χ4v) is 8.18. The summed E-state index contributed by atoms with van der Waals surface area (Å²) in [7, 11) is 0. The number of para-hydroxylation sites is 2. The minimum absolute atomic E-state index is 0.208. The minimum atomic E-state index is 0.208. The monoisotopic (exact) mass is 571 g/mol. The molecule has 1 heterocycles. The van der Waals surface area contributed by atoms with Crippen LogP contribution in [0.5, 0.6) is 0 Å². The number of hydrogen-bond acceptors (Lipinski definition) is 0. The second kappa shape index (κ2) is 9.42. The SMILES string of the molecule is c1ccc(-n2c3ccccc3c3ccc(-c4ccc5c(c4)C(c4cccc6c4Cc4ccccc4-6)c4ccccc4-5)cc32)cc1. The Hall–Kier alpha value is -5.66. The lowest BCUT2D eigenvalue weighted by molar-refractivity contribution is 0.987. The number of fused-ring (bicyclic) bond motifs is 9. The molecular formula is C44H29N. The smallest absolute Gasteiger partial charge is 0.0547 e. The summed E-state index contributed by atoms with van der Waals surface area (Å²) in [6.07, 6.45) is 0.996. The Morgan fingerprint density at radius 2 is 1.09 bits per heavy atom. The van der Waals surface area contributed by atoms with Crippen molar-refractivity contribution in [2.45, 2.75) is 12.3 Å². The normalized spacial score (nSPS) is 14.4. The second-order valence-corrected chi connectivity index (χ2v) is 12.4. The van der Waals surface area contributed by atoms with Gasteiger partial charge in [-0.1, -0.05) is 127 Å². The third kappa shape index (κ3) is 3.56. The van der Waals surface area contributed by atoms with E-state index in [-0.39, 0.29) is 5.92 Å². The first kappa shape index (κ1) is 24.7. The van der Waals surface area contributed by atoms with Crippen molar-refractivity contribution in [3.8, 4) is 39.1 Å². The first-order valence-electron chi connectivity index (χ1n) is 15.9. The first-order chi connectivity index (χ1) is 22.3. The summed E-state index contributed by atoms with van der Waals surface area (Å²) < 4.78 is 2.41. The van der Waals surface area contributed by atoms with Crippen molar-refractivity contribution in [1.29, 1.82) is 0 Å². The molecule has 0 fully saturated rings. The van der Waals surface area contributed by atoms with E-state index in [1.54, 1.807) is 0 Å². The molecule has 45 heavy (non-hydrogen) atoms. The highest BCUT2D eigenvalue weighted by Crippen LogP contribution is 2.52. The molecule has 0 bridgehead atoms. The van der Waals surface area contributed by atoms with Crippen LogP contribution < -0.4 is 0 Å². The van der Waals surface area contributed by atoms with Gasteiger partial charge in [-0.3, -0.25) is 0 Å². The van der Waals surface area contributed by atoms with Gasteiger partial charge in [0.2, 0.25) is 0 Å². The number of nitrogens with zero attached hydrogens (tertiary/aromatic N) is 1. The van der Waals surface area contributed by atoms with Crippen molar-refractivity contribution >= 4 is 21.8 Å². The van der Waals surface area contributed by atoms with E-state index in [4.69, 9.17) is 0 Å². The summed E-state index contributed by atoms with van der Waals surface area (Å²) in [6.45, 7) is 0. The molecule has 2 aliphatic carbocycles. The number of aromatic nitrogens is 1. The molecule has 1 nitrogen and oxygen atoms in total. The highest BCUT2D eigenvalue weighted by atomic mass is 15.0. The highest BCUT2D eigenvalue weighted by Gasteiger charge is 2.33. The summed E-state index contributed by atoms with van der Waals surface area (Å²) >= 11 is 0. The molecule has 0 radical (unpaired) electrons. The van der Waals surface area contributed by atoms with Crippen LogP contribution in [-0.2, 0) is 6.42 Å². The molecule has 2 aliphatic rings. The average Bonchev–Trinajstić information content (AvgIpc) is 3.76. The Morgan fingerprint density at radius 3 is 2.02 bits per heavy atom. The zero-order valence-electron chi connectivity index (χ0n) is 24.7. The van der Waals surface area contributed by atoms with Crippen molar-refractivity contribution in [2.75, 3.05) is 0 Å². The second-order valence-electron chi connectivity index (χ2n) is 12.4. The third-order valence-electron chi connectivity index (χ3n) is 10.1. The van der Waals surface area contributed by atoms with Crippen molar-refractivity contribution in [1.82, 2.24) is 4.57 Å². The zero-order chi connectivity index (χ0) is 29.5. The Kier molecular flexibility index (Phi) is 5.18. The Bertz CT molecular complexity index is 2460. The van der Waals surface area contributed by atoms with Gasteiger partial charge in [-0.15, -0.1) is 0 Å². The lowest BCUT2D eigenvalue weighted by Gasteiger charge is -2.19. The van der Waals surface area contributed by atoms with Gasteiger partial charge in [0.25, 0.3) is 0 Å². The number of hydrogen-bond donors (Lipinski definition) is 0. The quantitative estimate of drug-likeness (QED) is 0.199. The molecular weight excluding hydrogens is 542 g/mol. The predicted octanol–water partition coefficient (Wildman–Crippen LogP) is 11.2. The average molecular weight is 572 g/mol. The molecule has 0 saturated heterocycles. The molecule has 1 heteroatoms. The van der Waals surface area contributed by atoms with Crippen LogP contribution in [0.2, 0.25) is 0 Å². The number of benzene rings is 7. The van der Waals surface area contributed by atoms with Gasteiger partial charge in [0.05, 0.1) is 11.0 Å². The van der Waals surface area contributed by atoms with Crippen LogP contribution in [-0.4, -0.2) is 4.57 Å². The maximum atomic E-state index is 2.47. The molecule has 0 spiro atoms. The van der Waals surface area contributed by atoms with Gasteiger partial charge >= 0.3 is 0 Å². The Labute approximate surface area is 262 Å². The van der Waals surface area contributed by atoms with Gasteiger partial charge in [-0.05, 0) is 98.0 Å². The van der Waals surface area contributed by atoms with Gasteiger partial charge in [0.1, 0.15) is 0 Å². The Balaban J connectivity index is 1.17. The first-order valence-corrected chi connectivity index (χ1v) is 15.9. The lowest BCUT2D eigenvalue weighted by atomic mass is 9.84. The summed E-state index contributed by atoms with van der Waals surface area (Å²) in [5.74, 6) is 0.208. The van der Waals surface area contributed by atoms with Gasteiger partial charge in [0, 0.05) is 22.4 Å². The van der Waals surface area contributed by atoms with Gasteiger partial charge in [0.15, 0.2) is 0 Å². The van der Waals surface area contributed by atoms with Gasteiger partial charge in [-0.25, -0.2) is 0 Å². The zero-order valence-corrected chi connectivity index (χ0v) is 24.7. The molecule has 210 valence electrons. The summed E-state index contributed by atoms with van der Waals surface area (Å²) in [5.41, 5.74) is 18.8. The van der Waals surface area contributed by atoms with Crippen LogP contribution in [0.1, 0.15) is 33.7 Å². The molecule has 0 aliphatic heterocycles. The molecule has 0 saturated carbocycles. The number of rotatable bonds is 3. The van der Waals surface area contributed by atoms with E-state index >= 15 is 0 Å². The Morgan fingerprint density at radius 1 is 0.422 bits per heavy atom. The highest BCUT2D eigenvalue weighted by molar-refractivity contribution is 6.10. The maximum Gasteiger partial charge on any atom is 0.0547 e. The summed E-state index contributed by atoms with van der Waals surface area (Å²) in [5, 5.41) is 2.57. The molecule has 0 N–H and O–H groups in total. The molecule has 7 aromatic carbocycles. The van der Waals surface area contributed by atoms with E-state index in [0.29, 0.717) is 0 Å². The summed E-state index contributed by atoms with van der Waals surface area (Å²) in [6, 6.07) is 58.5. The van der Waals surface area contributed by atoms with Crippen molar-refractivity contribution < 1.29 is 0 Å². The molecule has 1 aromatic heterocycles. The molecule has 1 unspecified atom stereocenters. The van der Waals surface area contributed by atoms with Gasteiger partial charge in [-0.2, -0.15) is 0 Å². The van der Waals surface area contributed by atoms with E-state index in [1.165, 1.54) is 88.7 Å². The largest absolute Gasteiger partial charge is 0.309 e. The van der Waals surface area contributed by atoms with Crippen molar-refractivity contribution in [3.05, 3.63) is 186 Å². The van der Waals surface area contributed by atoms with E-state index < -0.39 is 0 Å². The predicted molar refractivity (Wildman–Crippen MR) is 187 cm³/mol. The van der Waals surface area contributed by atoms with E-state index in [9.17, 15) is 0 Å². The fourth-order valence-electron chi connectivity index (χ4n) is 8.18. The van der Waals surface area contributed by atoms with E-state index in [2.05, 4.69) is 162 Å². The van der Waals surface area contributed by atoms with Crippen LogP contribution in [0.25, 0.3) is 60.9 Å². The maximum absolute atomic E-state index is 2.47. The minimum Gasteiger partial charge on any atom is -0.309 e. The van der Waals surface area contributed by atoms with Crippen LogP contribution in [0.15, 0.2) is 158 Å². The molecule has 0 amide bonds. The van der Waals surface area contributed by atoms with E-state index in [0.717, 1.165) is 6.42 Å².